The molecule has 6 nitrogen and oxygen atoms in total. The van der Waals surface area contributed by atoms with Gasteiger partial charge >= 0.3 is 0 Å². The first-order valence-electron chi connectivity index (χ1n) is 7.75. The highest BCUT2D eigenvalue weighted by Crippen LogP contribution is 2.31. The molecule has 0 unspecified atom stereocenters. The van der Waals surface area contributed by atoms with Crippen LogP contribution < -0.4 is 10.6 Å². The lowest BCUT2D eigenvalue weighted by Crippen LogP contribution is -2.55. The number of benzene rings is 1. The van der Waals surface area contributed by atoms with Crippen molar-refractivity contribution in [2.45, 2.75) is 17.6 Å². The molecule has 1 aromatic heterocycles. The van der Waals surface area contributed by atoms with E-state index in [1.165, 1.54) is 23.5 Å². The predicted octanol–water partition coefficient (Wildman–Crippen LogP) is 2.05. The van der Waals surface area contributed by atoms with E-state index in [2.05, 4.69) is 15.6 Å². The largest absolute Gasteiger partial charge is 0.317 e. The van der Waals surface area contributed by atoms with Crippen LogP contribution in [0.15, 0.2) is 29.6 Å². The minimum atomic E-state index is -3.58. The lowest BCUT2D eigenvalue weighted by atomic mass is 9.96. The quantitative estimate of drug-likeness (QED) is 0.844. The van der Waals surface area contributed by atoms with E-state index in [9.17, 15) is 17.6 Å². The summed E-state index contributed by atoms with van der Waals surface area (Å²) in [6.07, 6.45) is 1.54. The lowest BCUT2D eigenvalue weighted by molar-refractivity contribution is -0.119. The molecule has 1 fully saturated rings. The third kappa shape index (κ3) is 3.58. The van der Waals surface area contributed by atoms with E-state index in [-0.39, 0.29) is 18.7 Å². The van der Waals surface area contributed by atoms with Crippen molar-refractivity contribution in [3.05, 3.63) is 35.5 Å². The molecule has 1 saturated heterocycles. The molecule has 9 heteroatoms. The molecule has 3 rings (SSSR count). The second kappa shape index (κ2) is 6.81. The van der Waals surface area contributed by atoms with Crippen LogP contribution in [0.4, 0.5) is 9.52 Å². The van der Waals surface area contributed by atoms with E-state index in [0.29, 0.717) is 29.5 Å². The van der Waals surface area contributed by atoms with Gasteiger partial charge in [-0.3, -0.25) is 4.79 Å². The summed E-state index contributed by atoms with van der Waals surface area (Å²) < 4.78 is 36.4. The fraction of sp³-hybridized carbons (Fsp3) is 0.375. The summed E-state index contributed by atoms with van der Waals surface area (Å²) in [6.45, 7) is 0.930. The minimum absolute atomic E-state index is 0.222. The van der Waals surface area contributed by atoms with Crippen molar-refractivity contribution < 1.29 is 17.6 Å². The normalized spacial score (nSPS) is 17.2. The van der Waals surface area contributed by atoms with Crippen molar-refractivity contribution in [3.8, 4) is 11.3 Å². The van der Waals surface area contributed by atoms with E-state index < -0.39 is 20.5 Å². The van der Waals surface area contributed by atoms with Crippen molar-refractivity contribution in [2.75, 3.05) is 24.7 Å². The molecule has 0 spiro atoms. The number of carbonyl (C=O) groups excluding carboxylic acids is 1. The fourth-order valence-electron chi connectivity index (χ4n) is 2.92. The van der Waals surface area contributed by atoms with Gasteiger partial charge in [0.25, 0.3) is 0 Å². The Bertz CT molecular complexity index is 890. The first-order chi connectivity index (χ1) is 11.8. The van der Waals surface area contributed by atoms with Crippen LogP contribution in [0.2, 0.25) is 0 Å². The number of rotatable bonds is 4. The van der Waals surface area contributed by atoms with Crippen molar-refractivity contribution in [1.29, 1.82) is 0 Å². The highest BCUT2D eigenvalue weighted by Gasteiger charge is 2.48. The molecule has 0 aliphatic carbocycles. The maximum atomic E-state index is 13.3. The van der Waals surface area contributed by atoms with Crippen molar-refractivity contribution in [1.82, 2.24) is 10.3 Å². The van der Waals surface area contributed by atoms with E-state index >= 15 is 0 Å². The maximum absolute atomic E-state index is 13.3. The molecule has 2 aromatic rings. The molecule has 0 radical (unpaired) electrons. The van der Waals surface area contributed by atoms with Crippen LogP contribution in [0.5, 0.6) is 0 Å². The number of carbonyl (C=O) groups is 1. The van der Waals surface area contributed by atoms with Crippen LogP contribution in [0.25, 0.3) is 11.3 Å². The number of halogens is 1. The molecule has 134 valence electrons. The second-order valence-electron chi connectivity index (χ2n) is 6.02. The van der Waals surface area contributed by atoms with Crippen LogP contribution in [-0.2, 0) is 14.6 Å². The average molecular weight is 383 g/mol. The number of piperidine rings is 1. The number of sulfone groups is 1. The fourth-order valence-corrected chi connectivity index (χ4v) is 4.97. The first-order valence-corrected chi connectivity index (χ1v) is 10.5. The number of hydrogen-bond acceptors (Lipinski definition) is 6. The van der Waals surface area contributed by atoms with Gasteiger partial charge in [-0.25, -0.2) is 17.8 Å². The van der Waals surface area contributed by atoms with Gasteiger partial charge in [0.1, 0.15) is 5.82 Å². The smallest absolute Gasteiger partial charge is 0.247 e. The van der Waals surface area contributed by atoms with Gasteiger partial charge in [-0.05, 0) is 38.1 Å². The van der Waals surface area contributed by atoms with Crippen LogP contribution in [0.3, 0.4) is 0 Å². The number of thiazole rings is 1. The topological polar surface area (TPSA) is 88.2 Å². The minimum Gasteiger partial charge on any atom is -0.317 e. The molecule has 2 heterocycles. The van der Waals surface area contributed by atoms with Gasteiger partial charge in [0.15, 0.2) is 19.7 Å². The van der Waals surface area contributed by atoms with Gasteiger partial charge in [-0.15, -0.1) is 11.3 Å². The lowest BCUT2D eigenvalue weighted by Gasteiger charge is -2.33. The second-order valence-corrected chi connectivity index (χ2v) is 9.20. The number of nitrogens with one attached hydrogen (secondary N) is 2. The summed E-state index contributed by atoms with van der Waals surface area (Å²) >= 11 is 1.18. The Kier molecular flexibility index (Phi) is 4.90. The van der Waals surface area contributed by atoms with Gasteiger partial charge in [0, 0.05) is 17.2 Å². The van der Waals surface area contributed by atoms with Crippen LogP contribution in [0.1, 0.15) is 12.8 Å². The van der Waals surface area contributed by atoms with E-state index in [1.54, 1.807) is 17.5 Å². The number of aromatic nitrogens is 1. The molecule has 1 amide bonds. The molecular formula is C16H18FN3O3S2. The Morgan fingerprint density at radius 3 is 2.72 bits per heavy atom. The van der Waals surface area contributed by atoms with E-state index in [0.717, 1.165) is 6.26 Å². The summed E-state index contributed by atoms with van der Waals surface area (Å²) in [5, 5.41) is 7.69. The number of hydrogen-bond donors (Lipinski definition) is 2. The van der Waals surface area contributed by atoms with Gasteiger partial charge in [0.2, 0.25) is 5.91 Å². The Balaban J connectivity index is 1.83. The summed E-state index contributed by atoms with van der Waals surface area (Å²) in [5.41, 5.74) is 1.12. The van der Waals surface area contributed by atoms with E-state index in [4.69, 9.17) is 0 Å². The Morgan fingerprint density at radius 2 is 2.08 bits per heavy atom. The highest BCUT2D eigenvalue weighted by atomic mass is 32.2. The van der Waals surface area contributed by atoms with Gasteiger partial charge in [-0.2, -0.15) is 0 Å². The van der Waals surface area contributed by atoms with Crippen molar-refractivity contribution in [2.24, 2.45) is 0 Å². The molecule has 1 aromatic carbocycles. The SMILES string of the molecule is CS(=O)(=O)C1(C(=O)Nc2nc(-c3cccc(F)c3)cs2)CCNCC1. The number of amides is 1. The Hall–Kier alpha value is -1.84. The Labute approximate surface area is 149 Å². The summed E-state index contributed by atoms with van der Waals surface area (Å²) in [6, 6.07) is 5.99. The Morgan fingerprint density at radius 1 is 1.36 bits per heavy atom. The van der Waals surface area contributed by atoms with E-state index in [1.807, 2.05) is 0 Å². The monoisotopic (exact) mass is 383 g/mol. The standard InChI is InChI=1S/C16H18FN3O3S2/c1-25(22,23)16(5-7-18-8-6-16)14(21)20-15-19-13(10-24-15)11-3-2-4-12(17)9-11/h2-4,9-10,18H,5-8H2,1H3,(H,19,20,21). The van der Waals surface area contributed by atoms with Crippen LogP contribution >= 0.6 is 11.3 Å². The molecule has 1 aliphatic heterocycles. The third-order valence-electron chi connectivity index (χ3n) is 4.38. The molecular weight excluding hydrogens is 365 g/mol. The molecule has 0 bridgehead atoms. The molecule has 1 aliphatic rings. The van der Waals surface area contributed by atoms with Crippen molar-refractivity contribution >= 4 is 32.2 Å². The molecule has 0 saturated carbocycles. The third-order valence-corrected chi connectivity index (χ3v) is 7.15. The summed E-state index contributed by atoms with van der Waals surface area (Å²) in [7, 11) is -3.58. The summed E-state index contributed by atoms with van der Waals surface area (Å²) in [5.74, 6) is -0.932. The zero-order chi connectivity index (χ0) is 18.1. The van der Waals surface area contributed by atoms with Gasteiger partial charge < -0.3 is 10.6 Å². The van der Waals surface area contributed by atoms with Gasteiger partial charge in [-0.1, -0.05) is 12.1 Å². The zero-order valence-electron chi connectivity index (χ0n) is 13.6. The molecule has 2 N–H and O–H groups in total. The van der Waals surface area contributed by atoms with Crippen molar-refractivity contribution in [3.63, 3.8) is 0 Å². The highest BCUT2D eigenvalue weighted by molar-refractivity contribution is 7.92. The van der Waals surface area contributed by atoms with Gasteiger partial charge in [0.05, 0.1) is 5.69 Å². The summed E-state index contributed by atoms with van der Waals surface area (Å²) in [4.78, 5) is 17.0. The predicted molar refractivity (Wildman–Crippen MR) is 95.8 cm³/mol. The first kappa shape index (κ1) is 18.0. The average Bonchev–Trinajstić information content (AvgIpc) is 3.03. The maximum Gasteiger partial charge on any atom is 0.247 e. The number of nitrogens with zero attached hydrogens (tertiary/aromatic N) is 1. The van der Waals surface area contributed by atoms with Crippen LogP contribution in [0, 0.1) is 5.82 Å². The van der Waals surface area contributed by atoms with Crippen LogP contribution in [-0.4, -0.2) is 43.4 Å². The number of anilines is 1. The molecule has 25 heavy (non-hydrogen) atoms. The molecule has 0 atom stereocenters. The zero-order valence-corrected chi connectivity index (χ0v) is 15.2.